The summed E-state index contributed by atoms with van der Waals surface area (Å²) < 4.78 is 51.3. The fourth-order valence-electron chi connectivity index (χ4n) is 0.913. The van der Waals surface area contributed by atoms with Gasteiger partial charge in [0.25, 0.3) is 11.9 Å². The summed E-state index contributed by atoms with van der Waals surface area (Å²) in [6, 6.07) is 0. The molecule has 0 saturated heterocycles. The Morgan fingerprint density at radius 2 is 1.60 bits per heavy atom. The van der Waals surface area contributed by atoms with Crippen LogP contribution in [0.1, 0.15) is 19.8 Å². The first-order valence-electron chi connectivity index (χ1n) is 4.40. The minimum atomic E-state index is -1.60. The average Bonchev–Trinajstić information content (AvgIpc) is 2.20. The molecule has 0 aliphatic heterocycles. The lowest BCUT2D eigenvalue weighted by Crippen LogP contribution is -2.02. The molecule has 0 atom stereocenters. The molecule has 1 aromatic heterocycles. The standard InChI is InChI=1S/C9H9F4NS/c1-2-3-4-15-7-5(10)8(12)14-9(13)6(7)11/h2-4H2,1H3. The lowest BCUT2D eigenvalue weighted by atomic mass is 10.4. The van der Waals surface area contributed by atoms with E-state index in [9.17, 15) is 17.6 Å². The first-order chi connectivity index (χ1) is 7.07. The maximum absolute atomic E-state index is 13.0. The van der Waals surface area contributed by atoms with Crippen LogP contribution in [0.3, 0.4) is 0 Å². The molecule has 0 amide bonds. The Hall–Kier alpha value is -0.780. The van der Waals surface area contributed by atoms with E-state index in [0.29, 0.717) is 5.75 Å². The van der Waals surface area contributed by atoms with Crippen molar-refractivity contribution >= 4 is 11.8 Å². The molecule has 0 unspecified atom stereocenters. The van der Waals surface area contributed by atoms with Gasteiger partial charge in [0.15, 0.2) is 11.6 Å². The largest absolute Gasteiger partial charge is 0.252 e. The molecule has 1 rings (SSSR count). The monoisotopic (exact) mass is 239 g/mol. The van der Waals surface area contributed by atoms with Crippen LogP contribution in [0, 0.1) is 23.5 Å². The maximum Gasteiger partial charge on any atom is 0.252 e. The fraction of sp³-hybridized carbons (Fsp3) is 0.444. The highest BCUT2D eigenvalue weighted by atomic mass is 32.2. The molecule has 15 heavy (non-hydrogen) atoms. The topological polar surface area (TPSA) is 12.9 Å². The van der Waals surface area contributed by atoms with Crippen LogP contribution in [0.5, 0.6) is 0 Å². The molecule has 0 bridgehead atoms. The summed E-state index contributed by atoms with van der Waals surface area (Å²) in [6.45, 7) is 1.90. The zero-order chi connectivity index (χ0) is 11.4. The van der Waals surface area contributed by atoms with Gasteiger partial charge in [-0.3, -0.25) is 0 Å². The Bertz CT molecular complexity index is 330. The van der Waals surface area contributed by atoms with E-state index in [1.165, 1.54) is 0 Å². The Labute approximate surface area is 88.9 Å². The molecule has 0 spiro atoms. The second kappa shape index (κ2) is 5.34. The van der Waals surface area contributed by atoms with Crippen molar-refractivity contribution in [2.75, 3.05) is 5.75 Å². The van der Waals surface area contributed by atoms with Crippen LogP contribution < -0.4 is 0 Å². The van der Waals surface area contributed by atoms with Crippen LogP contribution in [-0.2, 0) is 0 Å². The molecule has 1 heterocycles. The number of rotatable bonds is 4. The molecular formula is C9H9F4NS. The van der Waals surface area contributed by atoms with Crippen molar-refractivity contribution in [1.29, 1.82) is 0 Å². The smallest absolute Gasteiger partial charge is 0.201 e. The van der Waals surface area contributed by atoms with Gasteiger partial charge in [0, 0.05) is 0 Å². The summed E-state index contributed by atoms with van der Waals surface area (Å²) in [5, 5.41) is 0. The van der Waals surface area contributed by atoms with Crippen LogP contribution >= 0.6 is 11.8 Å². The SMILES string of the molecule is CCCCSc1c(F)c(F)nc(F)c1F. The van der Waals surface area contributed by atoms with Crippen molar-refractivity contribution < 1.29 is 17.6 Å². The van der Waals surface area contributed by atoms with Crippen molar-refractivity contribution in [2.24, 2.45) is 0 Å². The summed E-state index contributed by atoms with van der Waals surface area (Å²) in [7, 11) is 0. The van der Waals surface area contributed by atoms with E-state index in [0.717, 1.165) is 24.6 Å². The average molecular weight is 239 g/mol. The Morgan fingerprint density at radius 1 is 1.07 bits per heavy atom. The normalized spacial score (nSPS) is 10.7. The van der Waals surface area contributed by atoms with Gasteiger partial charge in [-0.2, -0.15) is 13.8 Å². The second-order valence-corrected chi connectivity index (χ2v) is 3.96. The van der Waals surface area contributed by atoms with Crippen LogP contribution in [0.25, 0.3) is 0 Å². The predicted octanol–water partition coefficient (Wildman–Crippen LogP) is 3.53. The molecule has 1 aromatic rings. The van der Waals surface area contributed by atoms with E-state index in [1.807, 2.05) is 6.92 Å². The van der Waals surface area contributed by atoms with Gasteiger partial charge in [-0.05, 0) is 12.2 Å². The summed E-state index contributed by atoms with van der Waals surface area (Å²) in [5.74, 6) is -5.64. The molecule has 0 aliphatic carbocycles. The van der Waals surface area contributed by atoms with Gasteiger partial charge >= 0.3 is 0 Å². The number of halogens is 4. The zero-order valence-electron chi connectivity index (χ0n) is 7.99. The van der Waals surface area contributed by atoms with E-state index in [-0.39, 0.29) is 0 Å². The van der Waals surface area contributed by atoms with E-state index >= 15 is 0 Å². The van der Waals surface area contributed by atoms with Crippen molar-refractivity contribution in [2.45, 2.75) is 24.7 Å². The fourth-order valence-corrected chi connectivity index (χ4v) is 1.97. The number of nitrogens with zero attached hydrogens (tertiary/aromatic N) is 1. The summed E-state index contributed by atoms with van der Waals surface area (Å²) >= 11 is 0.757. The molecule has 0 aromatic carbocycles. The number of pyridine rings is 1. The van der Waals surface area contributed by atoms with Gasteiger partial charge in [0.2, 0.25) is 0 Å². The predicted molar refractivity (Wildman–Crippen MR) is 49.7 cm³/mol. The van der Waals surface area contributed by atoms with E-state index in [2.05, 4.69) is 4.98 Å². The highest BCUT2D eigenvalue weighted by molar-refractivity contribution is 7.99. The van der Waals surface area contributed by atoms with E-state index in [4.69, 9.17) is 0 Å². The molecular weight excluding hydrogens is 230 g/mol. The minimum absolute atomic E-state index is 0.410. The lowest BCUT2D eigenvalue weighted by Gasteiger charge is -2.04. The molecule has 84 valence electrons. The van der Waals surface area contributed by atoms with Crippen LogP contribution in [0.15, 0.2) is 4.90 Å². The van der Waals surface area contributed by atoms with Crippen molar-refractivity contribution in [3.05, 3.63) is 23.5 Å². The highest BCUT2D eigenvalue weighted by Crippen LogP contribution is 2.27. The first kappa shape index (κ1) is 12.3. The third-order valence-electron chi connectivity index (χ3n) is 1.70. The molecule has 6 heteroatoms. The third-order valence-corrected chi connectivity index (χ3v) is 2.84. The number of unbranched alkanes of at least 4 members (excludes halogenated alkanes) is 1. The van der Waals surface area contributed by atoms with Crippen molar-refractivity contribution in [1.82, 2.24) is 4.98 Å². The molecule has 0 saturated carbocycles. The third kappa shape index (κ3) is 2.84. The van der Waals surface area contributed by atoms with Crippen molar-refractivity contribution in [3.63, 3.8) is 0 Å². The molecule has 0 radical (unpaired) electrons. The lowest BCUT2D eigenvalue weighted by molar-refractivity contribution is 0.383. The van der Waals surface area contributed by atoms with Gasteiger partial charge in [-0.25, -0.2) is 8.78 Å². The van der Waals surface area contributed by atoms with E-state index < -0.39 is 28.4 Å². The first-order valence-corrected chi connectivity index (χ1v) is 5.39. The molecule has 0 aliphatic rings. The molecule has 1 nitrogen and oxygen atoms in total. The van der Waals surface area contributed by atoms with Gasteiger partial charge in [0.1, 0.15) is 0 Å². The minimum Gasteiger partial charge on any atom is -0.201 e. The Balaban J connectivity index is 2.94. The second-order valence-electron chi connectivity index (χ2n) is 2.85. The van der Waals surface area contributed by atoms with Gasteiger partial charge in [-0.15, -0.1) is 11.8 Å². The number of hydrogen-bond donors (Lipinski definition) is 0. The van der Waals surface area contributed by atoms with Gasteiger partial charge in [-0.1, -0.05) is 13.3 Å². The van der Waals surface area contributed by atoms with Gasteiger partial charge in [0.05, 0.1) is 4.90 Å². The Morgan fingerprint density at radius 3 is 2.07 bits per heavy atom. The summed E-state index contributed by atoms with van der Waals surface area (Å²) in [5.41, 5.74) is 0. The zero-order valence-corrected chi connectivity index (χ0v) is 8.81. The molecule has 0 N–H and O–H groups in total. The van der Waals surface area contributed by atoms with Gasteiger partial charge < -0.3 is 0 Å². The van der Waals surface area contributed by atoms with E-state index in [1.54, 1.807) is 0 Å². The molecule has 0 fully saturated rings. The van der Waals surface area contributed by atoms with Crippen LogP contribution in [0.4, 0.5) is 17.6 Å². The quantitative estimate of drug-likeness (QED) is 0.345. The number of hydrogen-bond acceptors (Lipinski definition) is 2. The number of thioether (sulfide) groups is 1. The Kier molecular flexibility index (Phi) is 4.38. The van der Waals surface area contributed by atoms with Crippen molar-refractivity contribution in [3.8, 4) is 0 Å². The maximum atomic E-state index is 13.0. The summed E-state index contributed by atoms with van der Waals surface area (Å²) in [4.78, 5) is 1.83. The van der Waals surface area contributed by atoms with Crippen LogP contribution in [0.2, 0.25) is 0 Å². The van der Waals surface area contributed by atoms with Crippen LogP contribution in [-0.4, -0.2) is 10.7 Å². The summed E-state index contributed by atoms with van der Waals surface area (Å²) in [6.07, 6.45) is 1.56. The number of aromatic nitrogens is 1. The highest BCUT2D eigenvalue weighted by Gasteiger charge is 2.20.